The normalized spacial score (nSPS) is 10.9. The molecule has 0 aliphatic heterocycles. The van der Waals surface area contributed by atoms with E-state index >= 15 is 0 Å². The molecule has 4 rings (SSSR count). The monoisotopic (exact) mass is 499 g/mol. The van der Waals surface area contributed by atoms with Crippen LogP contribution in [0.1, 0.15) is 30.7 Å². The lowest BCUT2D eigenvalue weighted by Crippen LogP contribution is -2.22. The topological polar surface area (TPSA) is 71.0 Å². The van der Waals surface area contributed by atoms with Gasteiger partial charge < -0.3 is 5.32 Å². The predicted octanol–water partition coefficient (Wildman–Crippen LogP) is 6.29. The molecule has 33 heavy (non-hydrogen) atoms. The second-order valence-corrected chi connectivity index (χ2v) is 10.2. The molecule has 2 aromatic heterocycles. The van der Waals surface area contributed by atoms with Crippen LogP contribution in [0, 0.1) is 5.82 Å². The molecule has 2 aromatic carbocycles. The number of nitrogens with one attached hydrogen (secondary N) is 1. The molecule has 0 atom stereocenters. The van der Waals surface area contributed by atoms with E-state index in [9.17, 15) is 9.18 Å². The molecule has 1 amide bonds. The fourth-order valence-electron chi connectivity index (χ4n) is 3.03. The van der Waals surface area contributed by atoms with Crippen molar-refractivity contribution in [1.82, 2.24) is 15.2 Å². The largest absolute Gasteiger partial charge is 0.356 e. The van der Waals surface area contributed by atoms with Gasteiger partial charge in [-0.05, 0) is 41.8 Å². The van der Waals surface area contributed by atoms with Gasteiger partial charge in [0.25, 0.3) is 0 Å². The molecule has 1 N–H and O–H groups in total. The van der Waals surface area contributed by atoms with Crippen LogP contribution in [0.25, 0.3) is 0 Å². The third kappa shape index (κ3) is 6.16. The van der Waals surface area contributed by atoms with Crippen molar-refractivity contribution in [1.29, 1.82) is 0 Å². The van der Waals surface area contributed by atoms with Gasteiger partial charge in [-0.15, -0.1) is 21.5 Å². The summed E-state index contributed by atoms with van der Waals surface area (Å²) in [7, 11) is 0. The van der Waals surface area contributed by atoms with Crippen LogP contribution in [0.5, 0.6) is 0 Å². The first-order valence-corrected chi connectivity index (χ1v) is 13.0. The third-order valence-corrected chi connectivity index (χ3v) is 7.68. The summed E-state index contributed by atoms with van der Waals surface area (Å²) < 4.78 is 13.8. The van der Waals surface area contributed by atoms with E-state index in [1.54, 1.807) is 35.7 Å². The quantitative estimate of drug-likeness (QED) is 0.273. The minimum absolute atomic E-state index is 0.0752. The number of aromatic nitrogens is 3. The van der Waals surface area contributed by atoms with E-state index in [0.717, 1.165) is 27.7 Å². The highest BCUT2D eigenvalue weighted by atomic mass is 32.2. The van der Waals surface area contributed by atoms with Gasteiger partial charge in [0.05, 0.1) is 11.4 Å². The molecule has 0 bridgehead atoms. The van der Waals surface area contributed by atoms with Gasteiger partial charge in [-0.1, -0.05) is 54.3 Å². The van der Waals surface area contributed by atoms with Crippen LogP contribution in [0.2, 0.25) is 0 Å². The fourth-order valence-corrected chi connectivity index (χ4v) is 5.66. The maximum absolute atomic E-state index is 13.0. The number of carbonyl (C=O) groups excluding carboxylic acids is 1. The highest BCUT2D eigenvalue weighted by molar-refractivity contribution is 8.00. The van der Waals surface area contributed by atoms with E-state index in [-0.39, 0.29) is 11.7 Å². The first-order valence-electron chi connectivity index (χ1n) is 10.3. The van der Waals surface area contributed by atoms with Crippen molar-refractivity contribution < 1.29 is 9.18 Å². The molecule has 0 radical (unpaired) electrons. The molecule has 4 aromatic rings. The maximum Gasteiger partial charge on any atom is 0.230 e. The average Bonchev–Trinajstić information content (AvgIpc) is 3.47. The van der Waals surface area contributed by atoms with Crippen molar-refractivity contribution in [3.8, 4) is 0 Å². The Kier molecular flexibility index (Phi) is 7.69. The number of rotatable bonds is 9. The first-order chi connectivity index (χ1) is 16.0. The summed E-state index contributed by atoms with van der Waals surface area (Å²) in [4.78, 5) is 18.6. The van der Waals surface area contributed by atoms with Crippen molar-refractivity contribution in [3.63, 3.8) is 0 Å². The lowest BCUT2D eigenvalue weighted by Gasteiger charge is -2.18. The minimum atomic E-state index is -0.251. The lowest BCUT2D eigenvalue weighted by molar-refractivity contribution is -0.115. The molecule has 2 heterocycles. The zero-order chi connectivity index (χ0) is 23.2. The number of hydrogen-bond donors (Lipinski definition) is 1. The van der Waals surface area contributed by atoms with Crippen LogP contribution in [-0.2, 0) is 23.5 Å². The Balaban J connectivity index is 1.35. The van der Waals surface area contributed by atoms with Gasteiger partial charge in [0, 0.05) is 24.6 Å². The van der Waals surface area contributed by atoms with E-state index in [0.29, 0.717) is 22.6 Å². The highest BCUT2D eigenvalue weighted by Gasteiger charge is 2.18. The van der Waals surface area contributed by atoms with Gasteiger partial charge in [-0.2, -0.15) is 0 Å². The predicted molar refractivity (Wildman–Crippen MR) is 134 cm³/mol. The van der Waals surface area contributed by atoms with Crippen molar-refractivity contribution in [2.75, 3.05) is 10.2 Å². The highest BCUT2D eigenvalue weighted by Crippen LogP contribution is 2.33. The zero-order valence-corrected chi connectivity index (χ0v) is 20.6. The smallest absolute Gasteiger partial charge is 0.230 e. The summed E-state index contributed by atoms with van der Waals surface area (Å²) in [6.07, 6.45) is 0.952. The molecular weight excluding hydrogens is 477 g/mol. The van der Waals surface area contributed by atoms with E-state index < -0.39 is 0 Å². The van der Waals surface area contributed by atoms with E-state index in [1.807, 2.05) is 29.6 Å². The van der Waals surface area contributed by atoms with Crippen LogP contribution in [0.15, 0.2) is 58.3 Å². The number of thiazole rings is 1. The van der Waals surface area contributed by atoms with Crippen LogP contribution in [0.3, 0.4) is 0 Å². The number of aryl methyl sites for hydroxylation is 1. The van der Waals surface area contributed by atoms with Crippen molar-refractivity contribution >= 4 is 56.3 Å². The van der Waals surface area contributed by atoms with Crippen molar-refractivity contribution in [3.05, 3.63) is 76.5 Å². The van der Waals surface area contributed by atoms with Gasteiger partial charge >= 0.3 is 0 Å². The Bertz CT molecular complexity index is 1210. The van der Waals surface area contributed by atoms with Gasteiger partial charge in [0.2, 0.25) is 11.0 Å². The Hall–Kier alpha value is -2.82. The Labute approximate surface area is 203 Å². The number of hydrogen-bond acceptors (Lipinski definition) is 8. The standard InChI is InChI=1S/C23H22FN5OS3/c1-3-16-6-10-20(11-7-16)29(15(2)30)22-26-19(13-31-22)14-32-23-28-27-21(33-23)25-12-17-4-8-18(24)9-5-17/h4-11,13H,3,12,14H2,1-2H3,(H,25,27). The van der Waals surface area contributed by atoms with E-state index in [1.165, 1.54) is 40.4 Å². The van der Waals surface area contributed by atoms with Gasteiger partial charge in [0.15, 0.2) is 9.47 Å². The second kappa shape index (κ2) is 10.9. The average molecular weight is 500 g/mol. The Morgan fingerprint density at radius 1 is 1.09 bits per heavy atom. The molecule has 6 nitrogen and oxygen atoms in total. The summed E-state index contributed by atoms with van der Waals surface area (Å²) in [6.45, 7) is 4.20. The maximum atomic E-state index is 13.0. The Morgan fingerprint density at radius 3 is 2.52 bits per heavy atom. The molecule has 0 saturated heterocycles. The van der Waals surface area contributed by atoms with Crippen LogP contribution >= 0.6 is 34.4 Å². The number of benzene rings is 2. The molecule has 0 aliphatic carbocycles. The molecule has 170 valence electrons. The second-order valence-electron chi connectivity index (χ2n) is 7.14. The van der Waals surface area contributed by atoms with Gasteiger partial charge in [0.1, 0.15) is 5.82 Å². The fraction of sp³-hybridized carbons (Fsp3) is 0.217. The number of thioether (sulfide) groups is 1. The molecule has 0 unspecified atom stereocenters. The third-order valence-electron chi connectivity index (χ3n) is 4.76. The zero-order valence-electron chi connectivity index (χ0n) is 18.1. The van der Waals surface area contributed by atoms with E-state index in [2.05, 4.69) is 27.4 Å². The number of nitrogens with zero attached hydrogens (tertiary/aromatic N) is 4. The minimum Gasteiger partial charge on any atom is -0.356 e. The first kappa shape index (κ1) is 23.3. The SMILES string of the molecule is CCc1ccc(N(C(C)=O)c2nc(CSc3nnc(NCc4ccc(F)cc4)s3)cs2)cc1. The molecular formula is C23H22FN5OS3. The summed E-state index contributed by atoms with van der Waals surface area (Å²) in [5.74, 6) is 0.303. The summed E-state index contributed by atoms with van der Waals surface area (Å²) in [5.41, 5.74) is 3.89. The number of amides is 1. The van der Waals surface area contributed by atoms with Gasteiger partial charge in [-0.3, -0.25) is 9.69 Å². The van der Waals surface area contributed by atoms with Crippen LogP contribution < -0.4 is 10.2 Å². The van der Waals surface area contributed by atoms with Crippen LogP contribution in [-0.4, -0.2) is 21.1 Å². The molecule has 0 saturated carbocycles. The number of carbonyl (C=O) groups is 1. The number of halogens is 1. The summed E-state index contributed by atoms with van der Waals surface area (Å²) in [5, 5.41) is 14.9. The molecule has 0 aliphatic rings. The summed E-state index contributed by atoms with van der Waals surface area (Å²) >= 11 is 4.45. The van der Waals surface area contributed by atoms with Crippen molar-refractivity contribution in [2.45, 2.75) is 36.9 Å². The molecule has 10 heteroatoms. The molecule has 0 spiro atoms. The number of anilines is 3. The van der Waals surface area contributed by atoms with E-state index in [4.69, 9.17) is 0 Å². The lowest BCUT2D eigenvalue weighted by atomic mass is 10.1. The molecule has 0 fully saturated rings. The summed E-state index contributed by atoms with van der Waals surface area (Å²) in [6, 6.07) is 14.3. The van der Waals surface area contributed by atoms with Crippen LogP contribution in [0.4, 0.5) is 20.3 Å². The Morgan fingerprint density at radius 2 is 1.82 bits per heavy atom. The van der Waals surface area contributed by atoms with Crippen molar-refractivity contribution in [2.24, 2.45) is 0 Å². The van der Waals surface area contributed by atoms with Gasteiger partial charge in [-0.25, -0.2) is 9.37 Å².